The van der Waals surface area contributed by atoms with Crippen molar-refractivity contribution in [1.29, 1.82) is 0 Å². The smallest absolute Gasteiger partial charge is 0.253 e. The van der Waals surface area contributed by atoms with Crippen molar-refractivity contribution in [3.05, 3.63) is 23.8 Å². The van der Waals surface area contributed by atoms with Gasteiger partial charge in [-0.3, -0.25) is 4.79 Å². The Morgan fingerprint density at radius 1 is 1.42 bits per heavy atom. The Morgan fingerprint density at radius 2 is 2.11 bits per heavy atom. The minimum atomic E-state index is 0.0966. The van der Waals surface area contributed by atoms with Gasteiger partial charge in [-0.1, -0.05) is 6.92 Å². The van der Waals surface area contributed by atoms with Crippen LogP contribution in [0.1, 0.15) is 43.5 Å². The van der Waals surface area contributed by atoms with E-state index in [1.54, 1.807) is 6.07 Å². The summed E-state index contributed by atoms with van der Waals surface area (Å²) in [5.41, 5.74) is 8.27. The van der Waals surface area contributed by atoms with Gasteiger partial charge in [-0.15, -0.1) is 0 Å². The Balaban J connectivity index is 2.11. The maximum Gasteiger partial charge on any atom is 0.253 e. The van der Waals surface area contributed by atoms with Crippen LogP contribution in [-0.2, 0) is 0 Å². The number of carbonyl (C=O) groups is 1. The van der Waals surface area contributed by atoms with Gasteiger partial charge in [0.2, 0.25) is 0 Å². The van der Waals surface area contributed by atoms with Crippen molar-refractivity contribution in [3.63, 3.8) is 0 Å². The standard InChI is InChI=1S/C15H23N3O/c1-3-11(2)17-14-7-6-12(10-13(14)16)15(19)18-8-4-5-9-18/h6-7,10-11,17H,3-5,8-9,16H2,1-2H3/t11-/m1/s1. The highest BCUT2D eigenvalue weighted by molar-refractivity contribution is 5.96. The first-order valence-corrected chi connectivity index (χ1v) is 7.07. The van der Waals surface area contributed by atoms with Crippen LogP contribution in [0.3, 0.4) is 0 Å². The highest BCUT2D eigenvalue weighted by Gasteiger charge is 2.19. The molecule has 4 heteroatoms. The number of nitrogens with two attached hydrogens (primary N) is 1. The van der Waals surface area contributed by atoms with E-state index in [0.717, 1.165) is 38.0 Å². The molecule has 0 saturated carbocycles. The number of hydrogen-bond donors (Lipinski definition) is 2. The lowest BCUT2D eigenvalue weighted by molar-refractivity contribution is 0.0793. The summed E-state index contributed by atoms with van der Waals surface area (Å²) in [6, 6.07) is 5.93. The van der Waals surface area contributed by atoms with E-state index < -0.39 is 0 Å². The van der Waals surface area contributed by atoms with Crippen molar-refractivity contribution >= 4 is 17.3 Å². The molecule has 1 aromatic carbocycles. The molecule has 1 fully saturated rings. The molecule has 104 valence electrons. The van der Waals surface area contributed by atoms with Gasteiger partial charge in [0, 0.05) is 24.7 Å². The second-order valence-corrected chi connectivity index (χ2v) is 5.25. The number of benzene rings is 1. The Bertz CT molecular complexity index is 453. The SMILES string of the molecule is CC[C@@H](C)Nc1ccc(C(=O)N2CCCC2)cc1N. The number of anilines is 2. The Labute approximate surface area is 115 Å². The van der Waals surface area contributed by atoms with Gasteiger partial charge in [0.1, 0.15) is 0 Å². The lowest BCUT2D eigenvalue weighted by Crippen LogP contribution is -2.27. The van der Waals surface area contributed by atoms with E-state index >= 15 is 0 Å². The van der Waals surface area contributed by atoms with Crippen LogP contribution in [0.5, 0.6) is 0 Å². The third-order valence-corrected chi connectivity index (χ3v) is 3.71. The van der Waals surface area contributed by atoms with Gasteiger partial charge >= 0.3 is 0 Å². The summed E-state index contributed by atoms with van der Waals surface area (Å²) in [6.45, 7) is 5.97. The quantitative estimate of drug-likeness (QED) is 0.819. The number of likely N-dealkylation sites (tertiary alicyclic amines) is 1. The summed E-state index contributed by atoms with van der Waals surface area (Å²) in [4.78, 5) is 14.1. The molecule has 1 aliphatic rings. The van der Waals surface area contributed by atoms with Crippen molar-refractivity contribution in [3.8, 4) is 0 Å². The molecule has 0 unspecified atom stereocenters. The maximum atomic E-state index is 12.2. The average Bonchev–Trinajstić information content (AvgIpc) is 2.94. The van der Waals surface area contributed by atoms with Crippen LogP contribution in [0.15, 0.2) is 18.2 Å². The van der Waals surface area contributed by atoms with Gasteiger partial charge in [-0.05, 0) is 44.4 Å². The number of hydrogen-bond acceptors (Lipinski definition) is 3. The largest absolute Gasteiger partial charge is 0.397 e. The molecule has 1 saturated heterocycles. The molecule has 0 radical (unpaired) electrons. The van der Waals surface area contributed by atoms with Crippen molar-refractivity contribution in [2.24, 2.45) is 0 Å². The van der Waals surface area contributed by atoms with Gasteiger partial charge in [-0.2, -0.15) is 0 Å². The van der Waals surface area contributed by atoms with Gasteiger partial charge in [0.15, 0.2) is 0 Å². The fourth-order valence-electron chi connectivity index (χ4n) is 2.30. The van der Waals surface area contributed by atoms with E-state index in [1.807, 2.05) is 17.0 Å². The summed E-state index contributed by atoms with van der Waals surface area (Å²) >= 11 is 0. The topological polar surface area (TPSA) is 58.4 Å². The van der Waals surface area contributed by atoms with Gasteiger partial charge in [-0.25, -0.2) is 0 Å². The molecule has 3 N–H and O–H groups in total. The fraction of sp³-hybridized carbons (Fsp3) is 0.533. The first kappa shape index (κ1) is 13.7. The number of nitrogens with one attached hydrogen (secondary N) is 1. The highest BCUT2D eigenvalue weighted by atomic mass is 16.2. The monoisotopic (exact) mass is 261 g/mol. The average molecular weight is 261 g/mol. The van der Waals surface area contributed by atoms with Gasteiger partial charge in [0.25, 0.3) is 5.91 Å². The molecule has 1 atom stereocenters. The Hall–Kier alpha value is -1.71. The predicted molar refractivity (Wildman–Crippen MR) is 79.4 cm³/mol. The first-order chi connectivity index (χ1) is 9.11. The molecule has 4 nitrogen and oxygen atoms in total. The molecule has 0 bridgehead atoms. The zero-order valence-corrected chi connectivity index (χ0v) is 11.8. The van der Waals surface area contributed by atoms with Gasteiger partial charge in [0.05, 0.1) is 11.4 Å². The predicted octanol–water partition coefficient (Wildman–Crippen LogP) is 2.72. The fourth-order valence-corrected chi connectivity index (χ4v) is 2.30. The first-order valence-electron chi connectivity index (χ1n) is 7.07. The molecule has 0 aliphatic carbocycles. The maximum absolute atomic E-state index is 12.2. The van der Waals surface area contributed by atoms with Crippen LogP contribution in [0.25, 0.3) is 0 Å². The summed E-state index contributed by atoms with van der Waals surface area (Å²) in [5.74, 6) is 0.0966. The van der Waals surface area contributed by atoms with Crippen LogP contribution < -0.4 is 11.1 Å². The molecule has 1 aromatic rings. The van der Waals surface area contributed by atoms with E-state index in [9.17, 15) is 4.79 Å². The molecule has 0 spiro atoms. The Kier molecular flexibility index (Phi) is 4.30. The number of nitrogen functional groups attached to an aromatic ring is 1. The minimum Gasteiger partial charge on any atom is -0.397 e. The van der Waals surface area contributed by atoms with Crippen LogP contribution in [0.4, 0.5) is 11.4 Å². The van der Waals surface area contributed by atoms with Crippen LogP contribution in [-0.4, -0.2) is 29.9 Å². The summed E-state index contributed by atoms with van der Waals surface area (Å²) in [7, 11) is 0. The van der Waals surface area contributed by atoms with Crippen LogP contribution >= 0.6 is 0 Å². The normalized spacial score (nSPS) is 16.4. The summed E-state index contributed by atoms with van der Waals surface area (Å²) in [6.07, 6.45) is 3.25. The highest BCUT2D eigenvalue weighted by Crippen LogP contribution is 2.23. The number of rotatable bonds is 4. The molecular weight excluding hydrogens is 238 g/mol. The lowest BCUT2D eigenvalue weighted by Gasteiger charge is -2.18. The van der Waals surface area contributed by atoms with E-state index in [-0.39, 0.29) is 5.91 Å². The minimum absolute atomic E-state index is 0.0966. The summed E-state index contributed by atoms with van der Waals surface area (Å²) in [5, 5.41) is 3.35. The second-order valence-electron chi connectivity index (χ2n) is 5.25. The number of amides is 1. The zero-order chi connectivity index (χ0) is 13.8. The number of nitrogens with zero attached hydrogens (tertiary/aromatic N) is 1. The molecular formula is C15H23N3O. The molecule has 2 rings (SSSR count). The third kappa shape index (κ3) is 3.19. The van der Waals surface area contributed by atoms with Crippen LogP contribution in [0, 0.1) is 0 Å². The van der Waals surface area contributed by atoms with Crippen molar-refractivity contribution in [2.45, 2.75) is 39.2 Å². The second kappa shape index (κ2) is 5.95. The van der Waals surface area contributed by atoms with Crippen molar-refractivity contribution < 1.29 is 4.79 Å². The van der Waals surface area contributed by atoms with E-state index in [4.69, 9.17) is 5.73 Å². The molecule has 1 amide bonds. The zero-order valence-electron chi connectivity index (χ0n) is 11.8. The third-order valence-electron chi connectivity index (χ3n) is 3.71. The molecule has 0 aromatic heterocycles. The van der Waals surface area contributed by atoms with E-state index in [0.29, 0.717) is 17.3 Å². The molecule has 1 heterocycles. The van der Waals surface area contributed by atoms with E-state index in [1.165, 1.54) is 0 Å². The van der Waals surface area contributed by atoms with Crippen molar-refractivity contribution in [2.75, 3.05) is 24.1 Å². The van der Waals surface area contributed by atoms with Gasteiger partial charge < -0.3 is 16.0 Å². The molecule has 19 heavy (non-hydrogen) atoms. The Morgan fingerprint density at radius 3 is 2.68 bits per heavy atom. The van der Waals surface area contributed by atoms with E-state index in [2.05, 4.69) is 19.2 Å². The van der Waals surface area contributed by atoms with Crippen LogP contribution in [0.2, 0.25) is 0 Å². The van der Waals surface area contributed by atoms with Crippen molar-refractivity contribution in [1.82, 2.24) is 4.90 Å². The number of carbonyl (C=O) groups excluding carboxylic acids is 1. The molecule has 1 aliphatic heterocycles. The summed E-state index contributed by atoms with van der Waals surface area (Å²) < 4.78 is 0. The lowest BCUT2D eigenvalue weighted by atomic mass is 10.1.